The van der Waals surface area contributed by atoms with Crippen molar-refractivity contribution in [2.75, 3.05) is 6.61 Å². The number of pyridine rings is 1. The summed E-state index contributed by atoms with van der Waals surface area (Å²) >= 11 is 12.0. The van der Waals surface area contributed by atoms with Gasteiger partial charge in [0.25, 0.3) is 0 Å². The van der Waals surface area contributed by atoms with E-state index >= 15 is 0 Å². The SMILES string of the molecule is CCCCOC(=O)C=CC(C)Oc1ccc(-c2ncc(Cl)cc2Cl)cc1O. The lowest BCUT2D eigenvalue weighted by molar-refractivity contribution is -0.137. The van der Waals surface area contributed by atoms with Crippen LogP contribution >= 0.6 is 23.2 Å². The number of ether oxygens (including phenoxy) is 2. The van der Waals surface area contributed by atoms with E-state index in [1.807, 2.05) is 6.92 Å². The quantitative estimate of drug-likeness (QED) is 0.357. The molecule has 0 saturated carbocycles. The first-order valence-electron chi connectivity index (χ1n) is 8.56. The molecule has 144 valence electrons. The minimum Gasteiger partial charge on any atom is -0.504 e. The van der Waals surface area contributed by atoms with Gasteiger partial charge in [0, 0.05) is 17.8 Å². The van der Waals surface area contributed by atoms with Gasteiger partial charge < -0.3 is 14.6 Å². The van der Waals surface area contributed by atoms with Gasteiger partial charge in [-0.2, -0.15) is 0 Å². The molecule has 0 bridgehead atoms. The smallest absolute Gasteiger partial charge is 0.330 e. The second kappa shape index (κ2) is 10.2. The second-order valence-electron chi connectivity index (χ2n) is 5.87. The highest BCUT2D eigenvalue weighted by Gasteiger charge is 2.11. The Morgan fingerprint density at radius 3 is 2.78 bits per heavy atom. The Morgan fingerprint density at radius 1 is 1.33 bits per heavy atom. The molecule has 1 unspecified atom stereocenters. The van der Waals surface area contributed by atoms with E-state index in [9.17, 15) is 9.90 Å². The van der Waals surface area contributed by atoms with Crippen LogP contribution in [0.15, 0.2) is 42.6 Å². The Labute approximate surface area is 168 Å². The van der Waals surface area contributed by atoms with E-state index in [4.69, 9.17) is 32.7 Å². The molecular weight excluding hydrogens is 389 g/mol. The number of unbranched alkanes of at least 4 members (excludes halogenated alkanes) is 1. The first-order valence-corrected chi connectivity index (χ1v) is 9.32. The van der Waals surface area contributed by atoms with Crippen LogP contribution in [0.4, 0.5) is 0 Å². The zero-order valence-electron chi connectivity index (χ0n) is 15.1. The highest BCUT2D eigenvalue weighted by Crippen LogP contribution is 2.34. The van der Waals surface area contributed by atoms with Gasteiger partial charge in [0.05, 0.1) is 22.3 Å². The zero-order chi connectivity index (χ0) is 19.8. The number of nitrogens with zero attached hydrogens (tertiary/aromatic N) is 1. The zero-order valence-corrected chi connectivity index (χ0v) is 16.6. The van der Waals surface area contributed by atoms with Crippen LogP contribution in [0.5, 0.6) is 11.5 Å². The Morgan fingerprint density at radius 2 is 2.11 bits per heavy atom. The fraction of sp³-hybridized carbons (Fsp3) is 0.300. The van der Waals surface area contributed by atoms with Crippen molar-refractivity contribution in [1.82, 2.24) is 4.98 Å². The molecule has 27 heavy (non-hydrogen) atoms. The average molecular weight is 410 g/mol. The lowest BCUT2D eigenvalue weighted by Crippen LogP contribution is -2.10. The number of aromatic hydroxyl groups is 1. The summed E-state index contributed by atoms with van der Waals surface area (Å²) in [6.07, 6.45) is 5.73. The number of esters is 1. The number of phenols is 1. The third kappa shape index (κ3) is 6.45. The third-order valence-corrected chi connectivity index (χ3v) is 4.09. The second-order valence-corrected chi connectivity index (χ2v) is 6.71. The Kier molecular flexibility index (Phi) is 7.95. The summed E-state index contributed by atoms with van der Waals surface area (Å²) in [4.78, 5) is 15.7. The molecule has 5 nitrogen and oxygen atoms in total. The lowest BCUT2D eigenvalue weighted by Gasteiger charge is -2.13. The third-order valence-electron chi connectivity index (χ3n) is 3.60. The van der Waals surface area contributed by atoms with Gasteiger partial charge in [-0.25, -0.2) is 4.79 Å². The van der Waals surface area contributed by atoms with Crippen molar-refractivity contribution >= 4 is 29.2 Å². The molecule has 7 heteroatoms. The number of phenolic OH excluding ortho intramolecular Hbond substituents is 1. The average Bonchev–Trinajstić information content (AvgIpc) is 2.62. The minimum atomic E-state index is -0.433. The molecule has 2 aromatic rings. The molecule has 1 aromatic heterocycles. The van der Waals surface area contributed by atoms with E-state index in [2.05, 4.69) is 4.98 Å². The summed E-state index contributed by atoms with van der Waals surface area (Å²) in [7, 11) is 0. The Bertz CT molecular complexity index is 824. The predicted molar refractivity (Wildman–Crippen MR) is 106 cm³/mol. The molecule has 1 atom stereocenters. The normalized spacial score (nSPS) is 12.1. The molecule has 1 aromatic carbocycles. The summed E-state index contributed by atoms with van der Waals surface area (Å²) in [6.45, 7) is 4.17. The fourth-order valence-corrected chi connectivity index (χ4v) is 2.70. The van der Waals surface area contributed by atoms with Gasteiger partial charge in [-0.15, -0.1) is 0 Å². The van der Waals surface area contributed by atoms with Gasteiger partial charge in [-0.05, 0) is 43.7 Å². The van der Waals surface area contributed by atoms with Crippen LogP contribution in [0, 0.1) is 0 Å². The van der Waals surface area contributed by atoms with Gasteiger partial charge in [0.2, 0.25) is 0 Å². The van der Waals surface area contributed by atoms with E-state index in [0.29, 0.717) is 27.9 Å². The van der Waals surface area contributed by atoms with Crippen LogP contribution in [0.2, 0.25) is 10.0 Å². The molecular formula is C20H21Cl2NO4. The fourth-order valence-electron chi connectivity index (χ4n) is 2.21. The number of hydrogen-bond acceptors (Lipinski definition) is 5. The number of benzene rings is 1. The molecule has 2 rings (SSSR count). The van der Waals surface area contributed by atoms with Crippen LogP contribution in [0.3, 0.4) is 0 Å². The standard InChI is InChI=1S/C20H21Cl2NO4/c1-3-4-9-26-19(25)8-5-13(2)27-18-7-6-14(10-17(18)24)20-16(22)11-15(21)12-23-20/h5-8,10-13,24H,3-4,9H2,1-2H3. The van der Waals surface area contributed by atoms with E-state index < -0.39 is 12.1 Å². The maximum Gasteiger partial charge on any atom is 0.330 e. The van der Waals surface area contributed by atoms with Crippen molar-refractivity contribution in [3.8, 4) is 22.8 Å². The van der Waals surface area contributed by atoms with Gasteiger partial charge in [-0.1, -0.05) is 36.5 Å². The monoisotopic (exact) mass is 409 g/mol. The van der Waals surface area contributed by atoms with Crippen LogP contribution in [-0.2, 0) is 9.53 Å². The van der Waals surface area contributed by atoms with Crippen molar-refractivity contribution in [3.05, 3.63) is 52.7 Å². The number of rotatable bonds is 8. The Balaban J connectivity index is 2.02. The maximum atomic E-state index is 11.6. The predicted octanol–water partition coefficient (Wildman–Crippen LogP) is 5.43. The van der Waals surface area contributed by atoms with Crippen molar-refractivity contribution in [2.45, 2.75) is 32.8 Å². The molecule has 0 aliphatic carbocycles. The largest absolute Gasteiger partial charge is 0.504 e. The summed E-state index contributed by atoms with van der Waals surface area (Å²) in [6, 6.07) is 6.43. The van der Waals surface area contributed by atoms with E-state index in [1.165, 1.54) is 18.3 Å². The van der Waals surface area contributed by atoms with Crippen molar-refractivity contribution in [3.63, 3.8) is 0 Å². The molecule has 1 N–H and O–H groups in total. The molecule has 1 heterocycles. The number of halogens is 2. The highest BCUT2D eigenvalue weighted by molar-refractivity contribution is 6.36. The number of aromatic nitrogens is 1. The van der Waals surface area contributed by atoms with Crippen LogP contribution < -0.4 is 4.74 Å². The first kappa shape index (κ1) is 21.1. The number of carbonyl (C=O) groups excluding carboxylic acids is 1. The topological polar surface area (TPSA) is 68.7 Å². The van der Waals surface area contributed by atoms with Gasteiger partial charge in [0.1, 0.15) is 6.10 Å². The molecule has 0 aliphatic heterocycles. The van der Waals surface area contributed by atoms with E-state index in [1.54, 1.807) is 31.2 Å². The van der Waals surface area contributed by atoms with Crippen LogP contribution in [0.25, 0.3) is 11.3 Å². The molecule has 0 radical (unpaired) electrons. The number of carbonyl (C=O) groups is 1. The molecule has 0 fully saturated rings. The summed E-state index contributed by atoms with van der Waals surface area (Å²) < 4.78 is 10.7. The summed E-state index contributed by atoms with van der Waals surface area (Å²) in [5.74, 6) is -0.201. The molecule has 0 aliphatic rings. The van der Waals surface area contributed by atoms with E-state index in [0.717, 1.165) is 12.8 Å². The van der Waals surface area contributed by atoms with Crippen LogP contribution in [0.1, 0.15) is 26.7 Å². The van der Waals surface area contributed by atoms with Crippen molar-refractivity contribution in [2.24, 2.45) is 0 Å². The molecule has 0 spiro atoms. The van der Waals surface area contributed by atoms with Gasteiger partial charge in [0.15, 0.2) is 11.5 Å². The number of hydrogen-bond donors (Lipinski definition) is 1. The van der Waals surface area contributed by atoms with Crippen molar-refractivity contribution < 1.29 is 19.4 Å². The molecule has 0 amide bonds. The van der Waals surface area contributed by atoms with Gasteiger partial charge >= 0.3 is 5.97 Å². The maximum absolute atomic E-state index is 11.6. The molecule has 0 saturated heterocycles. The minimum absolute atomic E-state index is 0.0638. The summed E-state index contributed by atoms with van der Waals surface area (Å²) in [5, 5.41) is 11.0. The van der Waals surface area contributed by atoms with Crippen molar-refractivity contribution in [1.29, 1.82) is 0 Å². The summed E-state index contributed by atoms with van der Waals surface area (Å²) in [5.41, 5.74) is 1.13. The lowest BCUT2D eigenvalue weighted by atomic mass is 10.1. The van der Waals surface area contributed by atoms with E-state index in [-0.39, 0.29) is 11.5 Å². The van der Waals surface area contributed by atoms with Gasteiger partial charge in [-0.3, -0.25) is 4.98 Å². The Hall–Kier alpha value is -2.24. The first-order chi connectivity index (χ1) is 12.9. The highest BCUT2D eigenvalue weighted by atomic mass is 35.5. The van der Waals surface area contributed by atoms with Crippen LogP contribution in [-0.4, -0.2) is 28.8 Å².